The Balaban J connectivity index is 0.00000562. The van der Waals surface area contributed by atoms with Gasteiger partial charge in [0.1, 0.15) is 31.3 Å². The molecule has 1 amide bonds. The molecule has 0 heterocycles. The number of alkyl halides is 1. The first-order chi connectivity index (χ1) is 23.9. The zero-order valence-electron chi connectivity index (χ0n) is 27.9. The van der Waals surface area contributed by atoms with Crippen molar-refractivity contribution in [1.82, 2.24) is 6.15 Å². The molecule has 0 unspecified atom stereocenters. The molecule has 0 saturated carbocycles. The van der Waals surface area contributed by atoms with Gasteiger partial charge in [0.05, 0.1) is 5.56 Å². The molecule has 9 heteroatoms. The van der Waals surface area contributed by atoms with Gasteiger partial charge in [0, 0.05) is 35.0 Å². The lowest BCUT2D eigenvalue weighted by molar-refractivity contribution is -0.127. The van der Waals surface area contributed by atoms with Gasteiger partial charge < -0.3 is 25.7 Å². The Morgan fingerprint density at radius 3 is 2.00 bits per heavy atom. The number of esters is 1. The number of amides is 1. The van der Waals surface area contributed by atoms with Gasteiger partial charge in [-0.1, -0.05) is 92.0 Å². The number of halogens is 1. The molecule has 258 valence electrons. The monoisotopic (exact) mass is 692 g/mol. The van der Waals surface area contributed by atoms with Gasteiger partial charge in [-0.05, 0) is 64.7 Å². The Morgan fingerprint density at radius 2 is 1.38 bits per heavy atom. The molecule has 5 aromatic carbocycles. The first-order valence-corrected chi connectivity index (χ1v) is 16.6. The maximum Gasteiger partial charge on any atom is 0.338 e. The van der Waals surface area contributed by atoms with Crippen LogP contribution in [0.1, 0.15) is 29.6 Å². The summed E-state index contributed by atoms with van der Waals surface area (Å²) in [5, 5.41) is 6.82. The average Bonchev–Trinajstić information content (AvgIpc) is 3.13. The highest BCUT2D eigenvalue weighted by Crippen LogP contribution is 2.45. The summed E-state index contributed by atoms with van der Waals surface area (Å²) < 4.78 is 17.6. The van der Waals surface area contributed by atoms with E-state index in [-0.39, 0.29) is 43.0 Å². The van der Waals surface area contributed by atoms with Crippen LogP contribution < -0.4 is 20.9 Å². The quantitative estimate of drug-likeness (QED) is 0.0565. The normalized spacial score (nSPS) is 11.2. The molecule has 0 aliphatic rings. The largest absolute Gasteiger partial charge is 0.489 e. The summed E-state index contributed by atoms with van der Waals surface area (Å²) in [4.78, 5) is 39.2. The maximum atomic E-state index is 13.5. The predicted molar refractivity (Wildman–Crippen MR) is 202 cm³/mol. The minimum Gasteiger partial charge on any atom is -0.489 e. The SMILES string of the molecule is C=CCOC(=O)c1cccc(NC(=O)[C@@H](CCCCl)CC(=O)COc2ccc3ccccc3c2-c2c(OCC=C)ccc3ccccc23)c1.N. The summed E-state index contributed by atoms with van der Waals surface area (Å²) in [6.07, 6.45) is 4.08. The smallest absolute Gasteiger partial charge is 0.338 e. The Kier molecular flexibility index (Phi) is 13.7. The van der Waals surface area contributed by atoms with E-state index in [1.54, 1.807) is 24.3 Å². The number of anilines is 1. The number of fused-ring (bicyclic) bond motifs is 2. The predicted octanol–water partition coefficient (Wildman–Crippen LogP) is 9.34. The standard InChI is InChI=1S/C41H38ClNO6.H3N/c1-3-23-47-36-20-18-28-11-5-7-16-34(28)38(36)39-35-17-8-6-12-29(35)19-21-37(39)49-27-33(44)26-30(14-10-22-42)40(45)43-32-15-9-13-31(25-32)41(46)48-24-4-2;/h3-9,11-13,15-21,25,30H,1-2,10,14,22-24,26-27H2,(H,43,45);1H3/t30-;/m0./s1. The van der Waals surface area contributed by atoms with Crippen molar-refractivity contribution in [1.29, 1.82) is 0 Å². The van der Waals surface area contributed by atoms with Crippen LogP contribution in [0.15, 0.2) is 122 Å². The van der Waals surface area contributed by atoms with Gasteiger partial charge in [-0.2, -0.15) is 0 Å². The summed E-state index contributed by atoms with van der Waals surface area (Å²) in [7, 11) is 0. The van der Waals surface area contributed by atoms with E-state index in [9.17, 15) is 14.4 Å². The van der Waals surface area contributed by atoms with Crippen molar-refractivity contribution in [2.75, 3.05) is 31.0 Å². The van der Waals surface area contributed by atoms with E-state index in [0.717, 1.165) is 32.7 Å². The van der Waals surface area contributed by atoms with E-state index in [0.29, 0.717) is 42.5 Å². The number of hydrogen-bond acceptors (Lipinski definition) is 7. The van der Waals surface area contributed by atoms with Gasteiger partial charge in [0.25, 0.3) is 0 Å². The van der Waals surface area contributed by atoms with Crippen molar-refractivity contribution in [3.8, 4) is 22.6 Å². The van der Waals surface area contributed by atoms with Gasteiger partial charge in [-0.25, -0.2) is 4.79 Å². The molecule has 5 rings (SSSR count). The fraction of sp³-hybridized carbons (Fsp3) is 0.195. The lowest BCUT2D eigenvalue weighted by Crippen LogP contribution is -2.27. The molecule has 4 N–H and O–H groups in total. The van der Waals surface area contributed by atoms with E-state index in [4.69, 9.17) is 25.8 Å². The van der Waals surface area contributed by atoms with Gasteiger partial charge in [-0.3, -0.25) is 9.59 Å². The van der Waals surface area contributed by atoms with Crippen LogP contribution in [-0.2, 0) is 14.3 Å². The molecule has 5 aromatic rings. The van der Waals surface area contributed by atoms with Crippen LogP contribution in [0.25, 0.3) is 32.7 Å². The molecule has 0 aromatic heterocycles. The molecule has 1 atom stereocenters. The molecule has 0 radical (unpaired) electrons. The van der Waals surface area contributed by atoms with Crippen LogP contribution in [-0.4, -0.2) is 43.4 Å². The third-order valence-corrected chi connectivity index (χ3v) is 8.27. The highest BCUT2D eigenvalue weighted by Gasteiger charge is 2.24. The fourth-order valence-electron chi connectivity index (χ4n) is 5.74. The van der Waals surface area contributed by atoms with Crippen molar-refractivity contribution < 1.29 is 28.6 Å². The van der Waals surface area contributed by atoms with Crippen LogP contribution in [0.4, 0.5) is 5.69 Å². The maximum absolute atomic E-state index is 13.5. The fourth-order valence-corrected chi connectivity index (χ4v) is 5.89. The number of carbonyl (C=O) groups excluding carboxylic acids is 3. The van der Waals surface area contributed by atoms with Crippen molar-refractivity contribution >= 4 is 56.5 Å². The van der Waals surface area contributed by atoms with Crippen LogP contribution in [0.3, 0.4) is 0 Å². The molecule has 0 spiro atoms. The highest BCUT2D eigenvalue weighted by molar-refractivity contribution is 6.17. The van der Waals surface area contributed by atoms with Crippen LogP contribution >= 0.6 is 11.6 Å². The lowest BCUT2D eigenvalue weighted by Gasteiger charge is -2.20. The lowest BCUT2D eigenvalue weighted by atomic mass is 9.92. The summed E-state index contributed by atoms with van der Waals surface area (Å²) in [6.45, 7) is 7.51. The van der Waals surface area contributed by atoms with Crippen LogP contribution in [0.5, 0.6) is 11.5 Å². The van der Waals surface area contributed by atoms with Crippen molar-refractivity contribution in [2.24, 2.45) is 5.92 Å². The second-order valence-corrected chi connectivity index (χ2v) is 11.8. The van der Waals surface area contributed by atoms with E-state index >= 15 is 0 Å². The molecule has 0 aliphatic carbocycles. The Hall–Kier alpha value is -5.44. The minimum absolute atomic E-state index is 0. The zero-order chi connectivity index (χ0) is 34.6. The van der Waals surface area contributed by atoms with Crippen molar-refractivity contribution in [3.63, 3.8) is 0 Å². The number of carbonyl (C=O) groups is 3. The summed E-state index contributed by atoms with van der Waals surface area (Å²) in [5.74, 6) is -0.230. The first-order valence-electron chi connectivity index (χ1n) is 16.1. The topological polar surface area (TPSA) is 126 Å². The van der Waals surface area contributed by atoms with E-state index in [1.807, 2.05) is 72.8 Å². The Labute approximate surface area is 297 Å². The third-order valence-electron chi connectivity index (χ3n) is 8.01. The Morgan fingerprint density at radius 1 is 0.760 bits per heavy atom. The van der Waals surface area contributed by atoms with E-state index in [2.05, 4.69) is 18.5 Å². The molecule has 0 fully saturated rings. The Bertz CT molecular complexity index is 1990. The number of benzene rings is 5. The zero-order valence-corrected chi connectivity index (χ0v) is 28.6. The molecule has 50 heavy (non-hydrogen) atoms. The molecule has 0 bridgehead atoms. The van der Waals surface area contributed by atoms with Gasteiger partial charge >= 0.3 is 5.97 Å². The van der Waals surface area contributed by atoms with Crippen molar-refractivity contribution in [3.05, 3.63) is 128 Å². The van der Waals surface area contributed by atoms with E-state index in [1.165, 1.54) is 12.1 Å². The third kappa shape index (κ3) is 9.16. The minimum atomic E-state index is -0.653. The molecule has 8 nitrogen and oxygen atoms in total. The average molecular weight is 693 g/mol. The van der Waals surface area contributed by atoms with Crippen LogP contribution in [0, 0.1) is 5.92 Å². The highest BCUT2D eigenvalue weighted by atomic mass is 35.5. The van der Waals surface area contributed by atoms with Gasteiger partial charge in [-0.15, -0.1) is 11.6 Å². The second-order valence-electron chi connectivity index (χ2n) is 11.4. The molecule has 0 aliphatic heterocycles. The second kappa shape index (κ2) is 18.4. The number of Topliss-reactive ketones (excluding diaryl/α,β-unsaturated/α-hetero) is 1. The molecular formula is C41H41ClN2O6. The van der Waals surface area contributed by atoms with Crippen molar-refractivity contribution in [2.45, 2.75) is 19.3 Å². The number of rotatable bonds is 17. The van der Waals surface area contributed by atoms with E-state index < -0.39 is 11.9 Å². The summed E-state index contributed by atoms with van der Waals surface area (Å²) >= 11 is 5.98. The number of hydrogen-bond donors (Lipinski definition) is 2. The first kappa shape index (κ1) is 37.4. The summed E-state index contributed by atoms with van der Waals surface area (Å²) in [6, 6.07) is 30.3. The van der Waals surface area contributed by atoms with Gasteiger partial charge in [0.15, 0.2) is 5.78 Å². The summed E-state index contributed by atoms with van der Waals surface area (Å²) in [5.41, 5.74) is 2.37. The van der Waals surface area contributed by atoms with Gasteiger partial charge in [0.2, 0.25) is 5.91 Å². The number of ether oxygens (including phenoxy) is 3. The molecule has 0 saturated heterocycles. The number of ketones is 1. The number of nitrogens with one attached hydrogen (secondary N) is 1. The van der Waals surface area contributed by atoms with Crippen LogP contribution in [0.2, 0.25) is 0 Å². The molecular weight excluding hydrogens is 652 g/mol.